The van der Waals surface area contributed by atoms with Gasteiger partial charge in [0.1, 0.15) is 6.73 Å². The van der Waals surface area contributed by atoms with Crippen molar-refractivity contribution in [2.24, 2.45) is 0 Å². The molecule has 0 fully saturated rings. The fourth-order valence-corrected chi connectivity index (χ4v) is 1.87. The lowest BCUT2D eigenvalue weighted by Gasteiger charge is -2.09. The molecule has 2 nitrogen and oxygen atoms in total. The second-order valence-corrected chi connectivity index (χ2v) is 3.85. The van der Waals surface area contributed by atoms with E-state index in [0.29, 0.717) is 5.92 Å². The van der Waals surface area contributed by atoms with E-state index < -0.39 is 0 Å². The number of fused-ring (bicyclic) bond motifs is 1. The van der Waals surface area contributed by atoms with Gasteiger partial charge in [-0.1, -0.05) is 32.0 Å². The van der Waals surface area contributed by atoms with Gasteiger partial charge >= 0.3 is 0 Å². The quantitative estimate of drug-likeness (QED) is 0.772. The van der Waals surface area contributed by atoms with E-state index in [4.69, 9.17) is 0 Å². The van der Waals surface area contributed by atoms with Crippen molar-refractivity contribution >= 4 is 10.9 Å². The topological polar surface area (TPSA) is 25.2 Å². The van der Waals surface area contributed by atoms with Crippen molar-refractivity contribution in [1.82, 2.24) is 4.57 Å². The smallest absolute Gasteiger partial charge is 0.119 e. The molecule has 1 N–H and O–H groups in total. The Balaban J connectivity index is 2.72. The summed E-state index contributed by atoms with van der Waals surface area (Å²) in [5.74, 6) is 0.439. The Kier molecular flexibility index (Phi) is 2.30. The van der Waals surface area contributed by atoms with Gasteiger partial charge in [-0.3, -0.25) is 0 Å². The van der Waals surface area contributed by atoms with Gasteiger partial charge in [-0.15, -0.1) is 0 Å². The van der Waals surface area contributed by atoms with Crippen LogP contribution in [0.15, 0.2) is 30.3 Å². The molecule has 0 aliphatic heterocycles. The number of aliphatic hydroxyl groups is 1. The Labute approximate surface area is 83.8 Å². The van der Waals surface area contributed by atoms with Crippen LogP contribution in [0.5, 0.6) is 0 Å². The van der Waals surface area contributed by atoms with Gasteiger partial charge in [0.2, 0.25) is 0 Å². The summed E-state index contributed by atoms with van der Waals surface area (Å²) < 4.78 is 1.96. The number of nitrogens with zero attached hydrogens (tertiary/aromatic N) is 1. The highest BCUT2D eigenvalue weighted by molar-refractivity contribution is 5.81. The van der Waals surface area contributed by atoms with E-state index in [1.807, 2.05) is 22.8 Å². The molecular formula is C12H15NO. The maximum Gasteiger partial charge on any atom is 0.119 e. The van der Waals surface area contributed by atoms with Crippen molar-refractivity contribution in [1.29, 1.82) is 0 Å². The molecular weight excluding hydrogens is 174 g/mol. The average molecular weight is 189 g/mol. The molecule has 1 aromatic heterocycles. The Morgan fingerprint density at radius 1 is 1.29 bits per heavy atom. The zero-order valence-electron chi connectivity index (χ0n) is 8.57. The summed E-state index contributed by atoms with van der Waals surface area (Å²) >= 11 is 0. The Bertz CT molecular complexity index is 443. The van der Waals surface area contributed by atoms with Crippen molar-refractivity contribution in [3.05, 3.63) is 36.0 Å². The molecule has 2 rings (SSSR count). The van der Waals surface area contributed by atoms with Gasteiger partial charge in [-0.25, -0.2) is 0 Å². The second kappa shape index (κ2) is 3.46. The molecule has 74 valence electrons. The summed E-state index contributed by atoms with van der Waals surface area (Å²) in [6.45, 7) is 4.34. The van der Waals surface area contributed by atoms with Crippen LogP contribution in [0.3, 0.4) is 0 Å². The van der Waals surface area contributed by atoms with Crippen LogP contribution in [-0.4, -0.2) is 9.67 Å². The third-order valence-electron chi connectivity index (χ3n) is 2.58. The predicted molar refractivity (Wildman–Crippen MR) is 58.2 cm³/mol. The molecule has 0 bridgehead atoms. The summed E-state index contributed by atoms with van der Waals surface area (Å²) in [5, 5.41) is 10.5. The monoisotopic (exact) mass is 189 g/mol. The molecule has 0 saturated carbocycles. The molecule has 0 aliphatic rings. The standard InChI is InChI=1S/C12H15NO/c1-9(2)12-7-10-5-3-4-6-11(10)13(12)8-14/h3-7,9,14H,8H2,1-2H3. The minimum atomic E-state index is 0.0566. The highest BCUT2D eigenvalue weighted by Gasteiger charge is 2.09. The minimum Gasteiger partial charge on any atom is -0.376 e. The Morgan fingerprint density at radius 2 is 2.00 bits per heavy atom. The van der Waals surface area contributed by atoms with E-state index in [0.717, 1.165) is 5.52 Å². The number of rotatable bonds is 2. The van der Waals surface area contributed by atoms with E-state index in [1.165, 1.54) is 11.1 Å². The maximum absolute atomic E-state index is 9.32. The fraction of sp³-hybridized carbons (Fsp3) is 0.333. The van der Waals surface area contributed by atoms with E-state index in [-0.39, 0.29) is 6.73 Å². The first-order valence-corrected chi connectivity index (χ1v) is 4.93. The number of benzene rings is 1. The number of aliphatic hydroxyl groups excluding tert-OH is 1. The maximum atomic E-state index is 9.32. The molecule has 2 aromatic rings. The minimum absolute atomic E-state index is 0.0566. The number of hydrogen-bond donors (Lipinski definition) is 1. The van der Waals surface area contributed by atoms with Gasteiger partial charge in [0.15, 0.2) is 0 Å². The molecule has 1 aromatic carbocycles. The van der Waals surface area contributed by atoms with Gasteiger partial charge in [-0.05, 0) is 23.4 Å². The van der Waals surface area contributed by atoms with Crippen LogP contribution in [0, 0.1) is 0 Å². The van der Waals surface area contributed by atoms with Gasteiger partial charge in [0.25, 0.3) is 0 Å². The average Bonchev–Trinajstić information content (AvgIpc) is 2.56. The van der Waals surface area contributed by atoms with Crippen molar-refractivity contribution < 1.29 is 5.11 Å². The molecule has 0 spiro atoms. The summed E-state index contributed by atoms with van der Waals surface area (Å²) in [5.41, 5.74) is 2.30. The third kappa shape index (κ3) is 1.32. The van der Waals surface area contributed by atoms with Crippen LogP contribution in [0.1, 0.15) is 25.5 Å². The van der Waals surface area contributed by atoms with Gasteiger partial charge in [0.05, 0.1) is 5.52 Å². The number of para-hydroxylation sites is 1. The first kappa shape index (κ1) is 9.28. The van der Waals surface area contributed by atoms with Crippen LogP contribution < -0.4 is 0 Å². The van der Waals surface area contributed by atoms with Crippen LogP contribution in [-0.2, 0) is 6.73 Å². The Hall–Kier alpha value is -1.28. The van der Waals surface area contributed by atoms with Gasteiger partial charge < -0.3 is 9.67 Å². The molecule has 0 unspecified atom stereocenters. The first-order valence-electron chi connectivity index (χ1n) is 4.93. The summed E-state index contributed by atoms with van der Waals surface area (Å²) in [6, 6.07) is 10.3. The van der Waals surface area contributed by atoms with E-state index in [2.05, 4.69) is 26.0 Å². The summed E-state index contributed by atoms with van der Waals surface area (Å²) in [7, 11) is 0. The summed E-state index contributed by atoms with van der Waals surface area (Å²) in [4.78, 5) is 0. The lowest BCUT2D eigenvalue weighted by molar-refractivity contribution is 0.211. The lowest BCUT2D eigenvalue weighted by atomic mass is 10.1. The van der Waals surface area contributed by atoms with Crippen molar-refractivity contribution in [2.75, 3.05) is 0 Å². The third-order valence-corrected chi connectivity index (χ3v) is 2.58. The Morgan fingerprint density at radius 3 is 2.64 bits per heavy atom. The van der Waals surface area contributed by atoms with Crippen molar-refractivity contribution in [3.63, 3.8) is 0 Å². The normalized spacial score (nSPS) is 11.4. The first-order chi connectivity index (χ1) is 6.74. The van der Waals surface area contributed by atoms with Crippen LogP contribution in [0.25, 0.3) is 10.9 Å². The van der Waals surface area contributed by atoms with Crippen molar-refractivity contribution in [2.45, 2.75) is 26.5 Å². The zero-order chi connectivity index (χ0) is 10.1. The molecule has 1 heterocycles. The van der Waals surface area contributed by atoms with Gasteiger partial charge in [0, 0.05) is 5.69 Å². The molecule has 0 radical (unpaired) electrons. The van der Waals surface area contributed by atoms with E-state index in [9.17, 15) is 5.11 Å². The molecule has 0 saturated heterocycles. The molecule has 0 amide bonds. The SMILES string of the molecule is CC(C)c1cc2ccccc2n1CO. The van der Waals surface area contributed by atoms with Crippen LogP contribution in [0.2, 0.25) is 0 Å². The highest BCUT2D eigenvalue weighted by Crippen LogP contribution is 2.24. The van der Waals surface area contributed by atoms with E-state index >= 15 is 0 Å². The second-order valence-electron chi connectivity index (χ2n) is 3.85. The van der Waals surface area contributed by atoms with Crippen LogP contribution >= 0.6 is 0 Å². The van der Waals surface area contributed by atoms with Crippen molar-refractivity contribution in [3.8, 4) is 0 Å². The van der Waals surface area contributed by atoms with E-state index in [1.54, 1.807) is 0 Å². The highest BCUT2D eigenvalue weighted by atomic mass is 16.3. The summed E-state index contributed by atoms with van der Waals surface area (Å²) in [6.07, 6.45) is 0. The number of aromatic nitrogens is 1. The van der Waals surface area contributed by atoms with Crippen LogP contribution in [0.4, 0.5) is 0 Å². The molecule has 0 atom stereocenters. The molecule has 2 heteroatoms. The lowest BCUT2D eigenvalue weighted by Crippen LogP contribution is -2.03. The van der Waals surface area contributed by atoms with Gasteiger partial charge in [-0.2, -0.15) is 0 Å². The zero-order valence-corrected chi connectivity index (χ0v) is 8.57. The largest absolute Gasteiger partial charge is 0.376 e. The number of hydrogen-bond acceptors (Lipinski definition) is 1. The molecule has 14 heavy (non-hydrogen) atoms. The molecule has 0 aliphatic carbocycles. The fourth-order valence-electron chi connectivity index (χ4n) is 1.87. The predicted octanol–water partition coefficient (Wildman–Crippen LogP) is 2.71.